The highest BCUT2D eigenvalue weighted by molar-refractivity contribution is 6.35. The summed E-state index contributed by atoms with van der Waals surface area (Å²) in [5.41, 5.74) is 8.46. The molecule has 1 aliphatic heterocycles. The molecule has 0 N–H and O–H groups in total. The Kier molecular flexibility index (Phi) is 5.78. The number of benzene rings is 3. The average molecular weight is 498 g/mol. The molecule has 3 aromatic carbocycles. The number of hydrogen-bond acceptors (Lipinski definition) is 5. The molecule has 0 amide bonds. The number of morpholine rings is 1. The zero-order chi connectivity index (χ0) is 24.8. The second-order valence-corrected chi connectivity index (χ2v) is 9.77. The third-order valence-electron chi connectivity index (χ3n) is 6.90. The lowest BCUT2D eigenvalue weighted by Crippen LogP contribution is -2.36. The number of aromatic nitrogens is 3. The standard InChI is InChI=1S/C29H28ClN5O/c1-19-32-29-24(20-6-4-7-21(16-20)33(2)3)17-22(34-12-14-36-15-13-34)18-27(29)35(19)26-10-11-31-28-23(26)8-5-9-25(28)30/h4-11,16-18H,12-15H2,1-3H3. The largest absolute Gasteiger partial charge is 0.378 e. The summed E-state index contributed by atoms with van der Waals surface area (Å²) in [6.45, 7) is 5.25. The Balaban J connectivity index is 1.65. The van der Waals surface area contributed by atoms with Crippen LogP contribution in [0.4, 0.5) is 11.4 Å². The first-order valence-corrected chi connectivity index (χ1v) is 12.6. The molecule has 36 heavy (non-hydrogen) atoms. The number of para-hydroxylation sites is 1. The van der Waals surface area contributed by atoms with Gasteiger partial charge in [-0.25, -0.2) is 4.98 Å². The van der Waals surface area contributed by atoms with Crippen molar-refractivity contribution in [3.8, 4) is 16.8 Å². The van der Waals surface area contributed by atoms with Crippen molar-refractivity contribution >= 4 is 44.9 Å². The van der Waals surface area contributed by atoms with Crippen molar-refractivity contribution in [1.82, 2.24) is 14.5 Å². The molecule has 1 saturated heterocycles. The topological polar surface area (TPSA) is 46.4 Å². The summed E-state index contributed by atoms with van der Waals surface area (Å²) in [6.07, 6.45) is 1.82. The first kappa shape index (κ1) is 22.8. The van der Waals surface area contributed by atoms with E-state index in [0.717, 1.165) is 76.6 Å². The molecule has 0 radical (unpaired) electrons. The lowest BCUT2D eigenvalue weighted by Gasteiger charge is -2.29. The van der Waals surface area contributed by atoms with Crippen LogP contribution in [0.5, 0.6) is 0 Å². The second-order valence-electron chi connectivity index (χ2n) is 9.37. The molecule has 2 aromatic heterocycles. The molecule has 1 fully saturated rings. The zero-order valence-electron chi connectivity index (χ0n) is 20.7. The fourth-order valence-corrected chi connectivity index (χ4v) is 5.30. The van der Waals surface area contributed by atoms with Gasteiger partial charge in [0.1, 0.15) is 5.82 Å². The van der Waals surface area contributed by atoms with E-state index in [0.29, 0.717) is 5.02 Å². The van der Waals surface area contributed by atoms with Gasteiger partial charge in [0.05, 0.1) is 40.5 Å². The van der Waals surface area contributed by atoms with E-state index in [1.54, 1.807) is 0 Å². The molecule has 6 nitrogen and oxygen atoms in total. The maximum absolute atomic E-state index is 6.51. The van der Waals surface area contributed by atoms with Crippen LogP contribution in [-0.4, -0.2) is 54.9 Å². The number of pyridine rings is 1. The molecule has 0 unspecified atom stereocenters. The second kappa shape index (κ2) is 9.12. The van der Waals surface area contributed by atoms with Crippen LogP contribution < -0.4 is 9.80 Å². The molecule has 0 aliphatic carbocycles. The van der Waals surface area contributed by atoms with Crippen LogP contribution in [0, 0.1) is 6.92 Å². The summed E-state index contributed by atoms with van der Waals surface area (Å²) in [4.78, 5) is 14.2. The molecular weight excluding hydrogens is 470 g/mol. The molecule has 0 saturated carbocycles. The number of halogens is 1. The van der Waals surface area contributed by atoms with Gasteiger partial charge in [-0.3, -0.25) is 9.55 Å². The monoisotopic (exact) mass is 497 g/mol. The van der Waals surface area contributed by atoms with Crippen molar-refractivity contribution < 1.29 is 4.74 Å². The maximum atomic E-state index is 6.51. The van der Waals surface area contributed by atoms with Gasteiger partial charge in [0.15, 0.2) is 0 Å². The van der Waals surface area contributed by atoms with Crippen molar-refractivity contribution in [3.63, 3.8) is 0 Å². The predicted molar refractivity (Wildman–Crippen MR) is 149 cm³/mol. The van der Waals surface area contributed by atoms with Gasteiger partial charge in [0.25, 0.3) is 0 Å². The molecule has 0 spiro atoms. The van der Waals surface area contributed by atoms with Crippen LogP contribution in [0.25, 0.3) is 38.8 Å². The summed E-state index contributed by atoms with van der Waals surface area (Å²) in [5, 5.41) is 1.65. The number of nitrogens with zero attached hydrogens (tertiary/aromatic N) is 5. The third kappa shape index (κ3) is 3.87. The number of ether oxygens (including phenoxy) is 1. The Morgan fingerprint density at radius 1 is 0.944 bits per heavy atom. The summed E-state index contributed by atoms with van der Waals surface area (Å²) in [5.74, 6) is 0.918. The van der Waals surface area contributed by atoms with Gasteiger partial charge in [-0.05, 0) is 48.9 Å². The van der Waals surface area contributed by atoms with Crippen LogP contribution in [0.2, 0.25) is 5.02 Å². The first-order chi connectivity index (χ1) is 17.5. The van der Waals surface area contributed by atoms with E-state index < -0.39 is 0 Å². The maximum Gasteiger partial charge on any atom is 0.111 e. The Labute approximate surface area is 215 Å². The van der Waals surface area contributed by atoms with Crippen LogP contribution >= 0.6 is 11.6 Å². The van der Waals surface area contributed by atoms with E-state index in [1.165, 1.54) is 5.69 Å². The van der Waals surface area contributed by atoms with E-state index in [4.69, 9.17) is 21.3 Å². The van der Waals surface area contributed by atoms with E-state index in [2.05, 4.69) is 82.8 Å². The fourth-order valence-electron chi connectivity index (χ4n) is 5.08. The Morgan fingerprint density at radius 2 is 1.75 bits per heavy atom. The van der Waals surface area contributed by atoms with E-state index in [1.807, 2.05) is 24.4 Å². The van der Waals surface area contributed by atoms with Crippen molar-refractivity contribution in [2.75, 3.05) is 50.2 Å². The molecule has 1 aliphatic rings. The number of anilines is 2. The van der Waals surface area contributed by atoms with Crippen molar-refractivity contribution in [1.29, 1.82) is 0 Å². The molecule has 0 bridgehead atoms. The number of rotatable bonds is 4. The highest BCUT2D eigenvalue weighted by Gasteiger charge is 2.20. The van der Waals surface area contributed by atoms with Gasteiger partial charge >= 0.3 is 0 Å². The minimum absolute atomic E-state index is 0.645. The Morgan fingerprint density at radius 3 is 2.56 bits per heavy atom. The summed E-state index contributed by atoms with van der Waals surface area (Å²) in [7, 11) is 4.13. The van der Waals surface area contributed by atoms with Crippen molar-refractivity contribution in [2.45, 2.75) is 6.92 Å². The summed E-state index contributed by atoms with van der Waals surface area (Å²) in [6, 6.07) is 21.1. The Bertz CT molecular complexity index is 1590. The summed E-state index contributed by atoms with van der Waals surface area (Å²) < 4.78 is 7.87. The van der Waals surface area contributed by atoms with Gasteiger partial charge < -0.3 is 14.5 Å². The predicted octanol–water partition coefficient (Wildman–Crippen LogP) is 6.11. The minimum atomic E-state index is 0.645. The average Bonchev–Trinajstić information content (AvgIpc) is 3.24. The molecule has 0 atom stereocenters. The zero-order valence-corrected chi connectivity index (χ0v) is 21.5. The third-order valence-corrected chi connectivity index (χ3v) is 7.21. The summed E-state index contributed by atoms with van der Waals surface area (Å²) >= 11 is 6.51. The lowest BCUT2D eigenvalue weighted by molar-refractivity contribution is 0.122. The highest BCUT2D eigenvalue weighted by Crippen LogP contribution is 2.38. The van der Waals surface area contributed by atoms with Crippen LogP contribution in [0.1, 0.15) is 5.82 Å². The van der Waals surface area contributed by atoms with E-state index >= 15 is 0 Å². The molecule has 3 heterocycles. The highest BCUT2D eigenvalue weighted by atomic mass is 35.5. The van der Waals surface area contributed by atoms with Gasteiger partial charge in [0, 0.05) is 55.7 Å². The molecular formula is C29H28ClN5O. The lowest BCUT2D eigenvalue weighted by atomic mass is 10.0. The van der Waals surface area contributed by atoms with Gasteiger partial charge in [-0.2, -0.15) is 0 Å². The van der Waals surface area contributed by atoms with E-state index in [9.17, 15) is 0 Å². The fraction of sp³-hybridized carbons (Fsp3) is 0.241. The molecule has 7 heteroatoms. The molecule has 5 aromatic rings. The number of aryl methyl sites for hydroxylation is 1. The van der Waals surface area contributed by atoms with Crippen molar-refractivity contribution in [3.05, 3.63) is 77.7 Å². The minimum Gasteiger partial charge on any atom is -0.378 e. The molecule has 6 rings (SSSR count). The van der Waals surface area contributed by atoms with Gasteiger partial charge in [-0.15, -0.1) is 0 Å². The van der Waals surface area contributed by atoms with Crippen molar-refractivity contribution in [2.24, 2.45) is 0 Å². The van der Waals surface area contributed by atoms with Gasteiger partial charge in [0.2, 0.25) is 0 Å². The first-order valence-electron chi connectivity index (χ1n) is 12.2. The smallest absolute Gasteiger partial charge is 0.111 e. The number of imidazole rings is 1. The number of hydrogen-bond donors (Lipinski definition) is 0. The SMILES string of the molecule is Cc1nc2c(-c3cccc(N(C)C)c3)cc(N3CCOCC3)cc2n1-c1ccnc2c(Cl)cccc12. The van der Waals surface area contributed by atoms with Crippen LogP contribution in [0.15, 0.2) is 66.9 Å². The molecule has 182 valence electrons. The Hall–Kier alpha value is -3.61. The van der Waals surface area contributed by atoms with Gasteiger partial charge in [-0.1, -0.05) is 35.9 Å². The quantitative estimate of drug-likeness (QED) is 0.300. The number of fused-ring (bicyclic) bond motifs is 2. The normalized spacial score (nSPS) is 14.1. The van der Waals surface area contributed by atoms with Crippen LogP contribution in [-0.2, 0) is 4.74 Å². The van der Waals surface area contributed by atoms with E-state index in [-0.39, 0.29) is 0 Å². The van der Waals surface area contributed by atoms with Crippen LogP contribution in [0.3, 0.4) is 0 Å².